The van der Waals surface area contributed by atoms with E-state index in [0.717, 1.165) is 19.2 Å². The smallest absolute Gasteiger partial charge is 0.480 e. The van der Waals surface area contributed by atoms with Gasteiger partial charge in [0.25, 0.3) is 0 Å². The van der Waals surface area contributed by atoms with Crippen molar-refractivity contribution in [2.75, 3.05) is 20.8 Å². The molecule has 3 heterocycles. The largest absolute Gasteiger partial charge is 0.490 e. The van der Waals surface area contributed by atoms with Crippen LogP contribution < -0.4 is 10.5 Å². The molecule has 3 atom stereocenters. The average molecular weight is 603 g/mol. The molecule has 0 spiro atoms. The highest BCUT2D eigenvalue weighted by atomic mass is 32.2. The number of rotatable bonds is 6. The molecule has 17 heteroatoms. The Labute approximate surface area is 230 Å². The molecule has 1 aliphatic rings. The number of esters is 1. The predicted molar refractivity (Wildman–Crippen MR) is 135 cm³/mol. The number of halogens is 5. The van der Waals surface area contributed by atoms with Gasteiger partial charge in [-0.1, -0.05) is 5.16 Å². The minimum Gasteiger partial charge on any atom is -0.480 e. The first-order valence-corrected chi connectivity index (χ1v) is 13.2. The highest BCUT2D eigenvalue weighted by Gasteiger charge is 2.61. The Hall–Kier alpha value is -4.15. The molecule has 0 radical (unpaired) electrons. The molecule has 0 bridgehead atoms. The van der Waals surface area contributed by atoms with E-state index in [1.54, 1.807) is 0 Å². The van der Waals surface area contributed by atoms with Crippen LogP contribution in [0.2, 0.25) is 0 Å². The molecule has 4 rings (SSSR count). The van der Waals surface area contributed by atoms with Gasteiger partial charge in [-0.3, -0.25) is 4.99 Å². The molecule has 0 fully saturated rings. The summed E-state index contributed by atoms with van der Waals surface area (Å²) >= 11 is 0. The van der Waals surface area contributed by atoms with Crippen molar-refractivity contribution in [2.45, 2.75) is 35.7 Å². The Morgan fingerprint density at radius 3 is 2.46 bits per heavy atom. The molecular weight excluding hydrogens is 579 g/mol. The van der Waals surface area contributed by atoms with Crippen LogP contribution in [-0.2, 0) is 24.8 Å². The second kappa shape index (κ2) is 10.4. The summed E-state index contributed by atoms with van der Waals surface area (Å²) in [7, 11) is -1.81. The molecule has 0 amide bonds. The van der Waals surface area contributed by atoms with Crippen molar-refractivity contribution >= 4 is 21.5 Å². The van der Waals surface area contributed by atoms with E-state index in [1.807, 2.05) is 0 Å². The SMILES string of the molecule is CN=[S@@]1(=O)C(OC(=O)C(F)(F)F)[C@@](CF)(c2cc(-c3cc(-c4cnc(OC)cn4)no3)ccc2F)N=C(N)C1(C)C. The van der Waals surface area contributed by atoms with Gasteiger partial charge in [-0.15, -0.1) is 0 Å². The maximum Gasteiger partial charge on any atom is 0.490 e. The Balaban J connectivity index is 1.91. The number of hydrogen-bond acceptors (Lipinski definition) is 11. The van der Waals surface area contributed by atoms with Gasteiger partial charge < -0.3 is 19.7 Å². The van der Waals surface area contributed by atoms with E-state index in [1.165, 1.54) is 45.5 Å². The molecule has 0 saturated heterocycles. The summed E-state index contributed by atoms with van der Waals surface area (Å²) in [4.78, 5) is 24.1. The first-order chi connectivity index (χ1) is 19.1. The molecular formula is C24H23F5N6O5S. The van der Waals surface area contributed by atoms with Crippen molar-refractivity contribution in [2.24, 2.45) is 15.1 Å². The molecule has 220 valence electrons. The Kier molecular flexibility index (Phi) is 7.53. The van der Waals surface area contributed by atoms with E-state index in [0.29, 0.717) is 0 Å². The highest BCUT2D eigenvalue weighted by molar-refractivity contribution is 7.96. The first kappa shape index (κ1) is 29.8. The Morgan fingerprint density at radius 2 is 1.90 bits per heavy atom. The van der Waals surface area contributed by atoms with Gasteiger partial charge in [0.05, 0.1) is 19.5 Å². The number of carbonyl (C=O) groups excluding carboxylic acids is 1. The lowest BCUT2D eigenvalue weighted by atomic mass is 9.89. The maximum absolute atomic E-state index is 15.4. The number of nitrogens with zero attached hydrogens (tertiary/aromatic N) is 5. The molecule has 1 aromatic carbocycles. The van der Waals surface area contributed by atoms with Crippen molar-refractivity contribution in [1.82, 2.24) is 15.1 Å². The average Bonchev–Trinajstić information content (AvgIpc) is 3.43. The Morgan fingerprint density at radius 1 is 1.20 bits per heavy atom. The van der Waals surface area contributed by atoms with Crippen molar-refractivity contribution in [3.63, 3.8) is 0 Å². The number of nitrogens with two attached hydrogens (primary N) is 1. The molecule has 41 heavy (non-hydrogen) atoms. The number of alkyl halides is 4. The molecule has 2 aromatic heterocycles. The zero-order valence-corrected chi connectivity index (χ0v) is 22.7. The summed E-state index contributed by atoms with van der Waals surface area (Å²) in [5.41, 5.74) is 0.502. The molecule has 1 aliphatic heterocycles. The van der Waals surface area contributed by atoms with Crippen LogP contribution in [0.5, 0.6) is 5.88 Å². The number of aliphatic imine (C=N–C) groups is 1. The monoisotopic (exact) mass is 602 g/mol. The van der Waals surface area contributed by atoms with E-state index in [9.17, 15) is 22.2 Å². The van der Waals surface area contributed by atoms with Gasteiger partial charge in [-0.2, -0.15) is 13.2 Å². The summed E-state index contributed by atoms with van der Waals surface area (Å²) in [5, 5.41) is 3.88. The lowest BCUT2D eigenvalue weighted by molar-refractivity contribution is -0.204. The predicted octanol–water partition coefficient (Wildman–Crippen LogP) is 3.79. The zero-order chi connectivity index (χ0) is 30.4. The quantitative estimate of drug-likeness (QED) is 0.328. The van der Waals surface area contributed by atoms with E-state index in [4.69, 9.17) is 15.0 Å². The van der Waals surface area contributed by atoms with Crippen LogP contribution in [0.1, 0.15) is 19.4 Å². The van der Waals surface area contributed by atoms with Crippen LogP contribution in [0.25, 0.3) is 22.7 Å². The zero-order valence-electron chi connectivity index (χ0n) is 21.9. The van der Waals surface area contributed by atoms with Crippen LogP contribution >= 0.6 is 0 Å². The molecule has 1 unspecified atom stereocenters. The minimum absolute atomic E-state index is 0.00529. The van der Waals surface area contributed by atoms with Crippen LogP contribution in [0.3, 0.4) is 0 Å². The Bertz CT molecular complexity index is 1630. The minimum atomic E-state index is -5.56. The standard InChI is InChI=1S/C24H23F5N6O5S/c1-22(2)19(30)34-23(11-25,21(41(22,37)31-3)39-20(36)24(27,28)29)13-7-12(5-6-14(13)26)17-8-15(35-40-17)16-9-33-18(38-4)10-32-16/h5-10,21H,11H2,1-4H3,(H2,30,34)/t21?,23-,41-/m1/s1. The van der Waals surface area contributed by atoms with Crippen LogP contribution in [0.4, 0.5) is 22.0 Å². The summed E-state index contributed by atoms with van der Waals surface area (Å²) in [6.07, 6.45) is -2.88. The second-order valence-electron chi connectivity index (χ2n) is 9.27. The van der Waals surface area contributed by atoms with Crippen molar-refractivity contribution in [3.8, 4) is 28.6 Å². The maximum atomic E-state index is 15.4. The van der Waals surface area contributed by atoms with Gasteiger partial charge in [0.2, 0.25) is 11.3 Å². The first-order valence-electron chi connectivity index (χ1n) is 11.6. The molecule has 2 N–H and O–H groups in total. The molecule has 11 nitrogen and oxygen atoms in total. The normalized spacial score (nSPS) is 23.9. The number of carbonyl (C=O) groups is 1. The number of amidine groups is 1. The van der Waals surface area contributed by atoms with Gasteiger partial charge >= 0.3 is 12.1 Å². The molecule has 0 saturated carbocycles. The molecule has 3 aromatic rings. The van der Waals surface area contributed by atoms with E-state index in [2.05, 4.69) is 29.2 Å². The lowest BCUT2D eigenvalue weighted by Crippen LogP contribution is -2.63. The fraction of sp³-hybridized carbons (Fsp3) is 0.375. The van der Waals surface area contributed by atoms with Gasteiger partial charge in [-0.25, -0.2) is 32.1 Å². The van der Waals surface area contributed by atoms with Crippen molar-refractivity contribution < 1.29 is 45.0 Å². The highest BCUT2D eigenvalue weighted by Crippen LogP contribution is 2.46. The number of hydrogen-bond donors (Lipinski definition) is 1. The number of ether oxygens (including phenoxy) is 2. The third kappa shape index (κ3) is 4.87. The van der Waals surface area contributed by atoms with E-state index >= 15 is 8.78 Å². The van der Waals surface area contributed by atoms with Gasteiger partial charge in [0.15, 0.2) is 11.3 Å². The summed E-state index contributed by atoms with van der Waals surface area (Å²) in [6.45, 7) is 0.681. The summed E-state index contributed by atoms with van der Waals surface area (Å²) < 4.78 is 101. The van der Waals surface area contributed by atoms with Crippen LogP contribution in [-0.4, -0.2) is 68.3 Å². The number of aromatic nitrogens is 3. The lowest BCUT2D eigenvalue weighted by Gasteiger charge is -2.46. The van der Waals surface area contributed by atoms with Crippen molar-refractivity contribution in [3.05, 3.63) is 48.0 Å². The number of benzene rings is 1. The van der Waals surface area contributed by atoms with Crippen LogP contribution in [0, 0.1) is 5.82 Å². The molecule has 0 aliphatic carbocycles. The topological polar surface area (TPSA) is 155 Å². The van der Waals surface area contributed by atoms with Gasteiger partial charge in [0.1, 0.15) is 44.2 Å². The van der Waals surface area contributed by atoms with Gasteiger partial charge in [0, 0.05) is 24.2 Å². The summed E-state index contributed by atoms with van der Waals surface area (Å²) in [6, 6.07) is 4.46. The van der Waals surface area contributed by atoms with E-state index < -0.39 is 61.5 Å². The second-order valence-corrected chi connectivity index (χ2v) is 12.2. The van der Waals surface area contributed by atoms with Gasteiger partial charge in [-0.05, 0) is 32.0 Å². The van der Waals surface area contributed by atoms with E-state index in [-0.39, 0.29) is 28.6 Å². The van der Waals surface area contributed by atoms with Crippen LogP contribution in [0.15, 0.2) is 50.5 Å². The third-order valence-electron chi connectivity index (χ3n) is 6.60. The summed E-state index contributed by atoms with van der Waals surface area (Å²) in [5.74, 6) is -4.22. The van der Waals surface area contributed by atoms with Crippen molar-refractivity contribution in [1.29, 1.82) is 0 Å². The fourth-order valence-electron chi connectivity index (χ4n) is 4.18. The number of methoxy groups -OCH3 is 1. The third-order valence-corrected chi connectivity index (χ3v) is 9.88. The fourth-order valence-corrected chi connectivity index (χ4v) is 6.70.